The van der Waals surface area contributed by atoms with E-state index in [1.54, 1.807) is 61.6 Å². The van der Waals surface area contributed by atoms with Crippen molar-refractivity contribution in [1.82, 2.24) is 0 Å². The van der Waals surface area contributed by atoms with Crippen LogP contribution in [0, 0.1) is 5.92 Å². The zero-order valence-corrected chi connectivity index (χ0v) is 47.4. The normalized spacial score (nSPS) is 24.9. The molecule has 7 atom stereocenters. The van der Waals surface area contributed by atoms with Gasteiger partial charge in [-0.05, 0) is 115 Å². The van der Waals surface area contributed by atoms with Crippen LogP contribution in [0.1, 0.15) is 98.3 Å². The van der Waals surface area contributed by atoms with Crippen LogP contribution in [-0.4, -0.2) is 96.6 Å². The summed E-state index contributed by atoms with van der Waals surface area (Å²) in [6.45, 7) is 31.3. The zero-order valence-electron chi connectivity index (χ0n) is 43.8. The van der Waals surface area contributed by atoms with E-state index in [0.29, 0.717) is 35.5 Å². The van der Waals surface area contributed by atoms with E-state index >= 15 is 9.59 Å². The molecule has 3 aliphatic rings. The molecular weight excluding hydrogens is 957 g/mol. The Morgan fingerprint density at radius 3 is 1.81 bits per heavy atom. The van der Waals surface area contributed by atoms with Gasteiger partial charge >= 0.3 is 17.9 Å². The maximum atomic E-state index is 15.5. The van der Waals surface area contributed by atoms with Gasteiger partial charge in [-0.1, -0.05) is 146 Å². The maximum absolute atomic E-state index is 15.5. The second kappa shape index (κ2) is 21.7. The summed E-state index contributed by atoms with van der Waals surface area (Å²) in [5.41, 5.74) is -1.73. The van der Waals surface area contributed by atoms with Crippen LogP contribution in [0.25, 0.3) is 0 Å². The van der Waals surface area contributed by atoms with Crippen LogP contribution < -0.4 is 0 Å². The highest BCUT2D eigenvalue weighted by atomic mass is 32.2. The molecule has 384 valence electrons. The van der Waals surface area contributed by atoms with Crippen LogP contribution in [0.15, 0.2) is 103 Å². The molecule has 0 saturated carbocycles. The van der Waals surface area contributed by atoms with Crippen molar-refractivity contribution in [2.75, 3.05) is 11.5 Å². The molecule has 1 spiro atoms. The average Bonchev–Trinajstić information content (AvgIpc) is 3.73. The summed E-state index contributed by atoms with van der Waals surface area (Å²) >= 11 is 3.18. The van der Waals surface area contributed by atoms with Gasteiger partial charge in [-0.25, -0.2) is 14.4 Å². The van der Waals surface area contributed by atoms with Gasteiger partial charge in [0.25, 0.3) is 0 Å². The lowest BCUT2D eigenvalue weighted by atomic mass is 9.74. The lowest BCUT2D eigenvalue weighted by Gasteiger charge is -2.51. The first kappa shape index (κ1) is 56.0. The van der Waals surface area contributed by atoms with E-state index < -0.39 is 73.9 Å². The Morgan fingerprint density at radius 1 is 0.814 bits per heavy atom. The van der Waals surface area contributed by atoms with Crippen molar-refractivity contribution in [3.63, 3.8) is 0 Å². The molecule has 15 heteroatoms. The smallest absolute Gasteiger partial charge is 0.351 e. The second-order valence-electron chi connectivity index (χ2n) is 22.9. The van der Waals surface area contributed by atoms with Gasteiger partial charge in [0, 0.05) is 0 Å². The fourth-order valence-electron chi connectivity index (χ4n) is 10.2. The number of carbonyl (C=O) groups excluding carboxylic acids is 3. The van der Waals surface area contributed by atoms with Gasteiger partial charge in [0.15, 0.2) is 14.1 Å². The van der Waals surface area contributed by atoms with E-state index in [9.17, 15) is 9.90 Å². The van der Waals surface area contributed by atoms with Crippen molar-refractivity contribution in [2.24, 2.45) is 5.92 Å². The van der Waals surface area contributed by atoms with E-state index in [-0.39, 0.29) is 35.3 Å². The fourth-order valence-corrected chi connectivity index (χ4v) is 18.7. The van der Waals surface area contributed by atoms with Crippen molar-refractivity contribution < 1.29 is 52.0 Å². The van der Waals surface area contributed by atoms with Gasteiger partial charge in [-0.2, -0.15) is 0 Å². The first-order valence-electron chi connectivity index (χ1n) is 24.7. The number of esters is 3. The highest BCUT2D eigenvalue weighted by Crippen LogP contribution is 2.60. The van der Waals surface area contributed by atoms with E-state index in [1.165, 1.54) is 5.56 Å². The number of ether oxygens (including phenoxy) is 5. The molecule has 70 heavy (non-hydrogen) atoms. The number of carbonyl (C=O) groups is 3. The summed E-state index contributed by atoms with van der Waals surface area (Å²) in [4.78, 5) is 45.4. The third-order valence-corrected chi connectivity index (χ3v) is 25.1. The molecule has 3 fully saturated rings. The fraction of sp³-hybridized carbons (Fsp3) is 0.582. The number of aliphatic hydroxyl groups excluding tert-OH is 1. The number of cyclic esters (lactones) is 1. The Hall–Kier alpha value is -3.26. The van der Waals surface area contributed by atoms with E-state index in [4.69, 9.17) is 39.1 Å². The van der Waals surface area contributed by atoms with Crippen LogP contribution in [-0.2, 0) is 66.6 Å². The number of thioether (sulfide) groups is 2. The molecule has 3 heterocycles. The molecule has 0 aliphatic carbocycles. The molecule has 1 unspecified atom stereocenters. The van der Waals surface area contributed by atoms with E-state index in [1.807, 2.05) is 62.1 Å². The minimum atomic E-state index is -3.05. The molecule has 6 rings (SSSR count). The number of hydrogen-bond donors (Lipinski definition) is 1. The largest absolute Gasteiger partial charge is 0.458 e. The number of aliphatic hydroxyl groups is 1. The topological polar surface area (TPSA) is 136 Å². The minimum Gasteiger partial charge on any atom is -0.458 e. The molecule has 0 aromatic heterocycles. The summed E-state index contributed by atoms with van der Waals surface area (Å²) < 4.78 is 45.3. The van der Waals surface area contributed by atoms with Crippen LogP contribution in [0.3, 0.4) is 0 Å². The maximum Gasteiger partial charge on any atom is 0.351 e. The molecule has 0 bridgehead atoms. The Balaban J connectivity index is 1.44. The molecule has 3 aliphatic heterocycles. The number of benzene rings is 3. The van der Waals surface area contributed by atoms with E-state index in [0.717, 1.165) is 18.4 Å². The minimum absolute atomic E-state index is 0.0580. The quantitative estimate of drug-likeness (QED) is 0.0528. The summed E-state index contributed by atoms with van der Waals surface area (Å²) in [5, 5.41) is 13.2. The summed E-state index contributed by atoms with van der Waals surface area (Å²) in [5.74, 6) is -3.33. The van der Waals surface area contributed by atoms with Gasteiger partial charge in [0.05, 0.1) is 10.2 Å². The molecule has 0 radical (unpaired) electrons. The SMILES string of the molecule is C=C(CCC1(C(O)[C@H]2OC(C)(C)O[C@]23C(=O)O[C@H](C(=O)OCc2ccccc2)[C@@]3(O[Si](C)(C)C)C(=O)OCc2ccccc2)SCCCS1)[C@@H](O[Si](C)(C(C)(C)C)C(C)(C)C)[C@H](C)Cc1ccccc1. The highest BCUT2D eigenvalue weighted by Gasteiger charge is 2.85. The average molecular weight is 1040 g/mol. The van der Waals surface area contributed by atoms with E-state index in [2.05, 4.69) is 79.3 Å². The Morgan fingerprint density at radius 2 is 1.31 bits per heavy atom. The molecular formula is C55H78O11S2Si2. The zero-order chi connectivity index (χ0) is 51.6. The monoisotopic (exact) mass is 1030 g/mol. The number of hydrogen-bond acceptors (Lipinski definition) is 13. The molecule has 3 saturated heterocycles. The predicted molar refractivity (Wildman–Crippen MR) is 284 cm³/mol. The van der Waals surface area contributed by atoms with Gasteiger partial charge < -0.3 is 37.6 Å². The first-order valence-corrected chi connectivity index (χ1v) is 32.5. The molecule has 3 aromatic carbocycles. The van der Waals surface area contributed by atoms with Gasteiger partial charge in [0.2, 0.25) is 25.6 Å². The third kappa shape index (κ3) is 11.7. The summed E-state index contributed by atoms with van der Waals surface area (Å²) in [6.07, 6.45) is -2.88. The van der Waals surface area contributed by atoms with Gasteiger partial charge in [-0.15, -0.1) is 23.5 Å². The summed E-state index contributed by atoms with van der Waals surface area (Å²) in [6, 6.07) is 28.6. The first-order chi connectivity index (χ1) is 32.6. The molecule has 1 N–H and O–H groups in total. The molecule has 11 nitrogen and oxygen atoms in total. The Bertz CT molecular complexity index is 2260. The van der Waals surface area contributed by atoms with Crippen LogP contribution in [0.4, 0.5) is 0 Å². The van der Waals surface area contributed by atoms with Gasteiger partial charge in [0.1, 0.15) is 25.4 Å². The Kier molecular flexibility index (Phi) is 17.4. The van der Waals surface area contributed by atoms with Crippen molar-refractivity contribution in [1.29, 1.82) is 0 Å². The van der Waals surface area contributed by atoms with Crippen molar-refractivity contribution >= 4 is 58.1 Å². The predicted octanol–water partition coefficient (Wildman–Crippen LogP) is 11.6. The van der Waals surface area contributed by atoms with Gasteiger partial charge in [-0.3, -0.25) is 0 Å². The number of rotatable bonds is 19. The lowest BCUT2D eigenvalue weighted by molar-refractivity contribution is -0.217. The van der Waals surface area contributed by atoms with Crippen LogP contribution >= 0.6 is 23.5 Å². The van der Waals surface area contributed by atoms with Crippen LogP contribution in [0.2, 0.25) is 36.3 Å². The van der Waals surface area contributed by atoms with Crippen molar-refractivity contribution in [3.05, 3.63) is 120 Å². The molecule has 3 aromatic rings. The highest BCUT2D eigenvalue weighted by molar-refractivity contribution is 8.18. The third-order valence-electron chi connectivity index (χ3n) is 14.1. The standard InChI is InChI=1S/C55H78O11S2Si2/c1-38(43(39(2)35-40-25-18-15-19-26-40)64-70(14,50(3,4)5)51(6,7)8)31-32-53(67-33-24-34-68-53)44(56)45-54(65-52(9,10)63-45)49(59)62-46(47(57)60-36-41-27-20-16-21-28-41)55(54,66-69(11,12)13)48(58)61-37-42-29-22-17-23-30-42/h15-23,25-30,39,43-46,56H,1,24,31-37H2,2-14H3/t39-,43-,44?,45-,46-,54+,55-/m1/s1. The lowest BCUT2D eigenvalue weighted by Crippen LogP contribution is -2.74. The Labute approximate surface area is 428 Å². The van der Waals surface area contributed by atoms with Crippen molar-refractivity contribution in [2.45, 2.75) is 183 Å². The molecule has 0 amide bonds. The van der Waals surface area contributed by atoms with Crippen LogP contribution in [0.5, 0.6) is 0 Å². The summed E-state index contributed by atoms with van der Waals surface area (Å²) in [7, 11) is -5.60. The second-order valence-corrected chi connectivity index (χ2v) is 35.7. The van der Waals surface area contributed by atoms with Crippen molar-refractivity contribution in [3.8, 4) is 0 Å².